The Morgan fingerprint density at radius 3 is 2.65 bits per heavy atom. The predicted molar refractivity (Wildman–Crippen MR) is 75.0 cm³/mol. The van der Waals surface area contributed by atoms with E-state index < -0.39 is 6.04 Å². The summed E-state index contributed by atoms with van der Waals surface area (Å²) in [5, 5.41) is 2.76. The monoisotopic (exact) mass is 276 g/mol. The van der Waals surface area contributed by atoms with Gasteiger partial charge in [-0.05, 0) is 12.0 Å². The van der Waals surface area contributed by atoms with Gasteiger partial charge >= 0.3 is 0 Å². The summed E-state index contributed by atoms with van der Waals surface area (Å²) in [5.74, 6) is -0.201. The SMILES string of the molecule is CCC(COC)N1CC(=O)NC(c2ccccc2)C1=O. The number of carbonyl (C=O) groups excluding carboxylic acids is 2. The van der Waals surface area contributed by atoms with Crippen molar-refractivity contribution in [1.82, 2.24) is 10.2 Å². The number of nitrogens with one attached hydrogen (secondary N) is 1. The summed E-state index contributed by atoms with van der Waals surface area (Å²) in [7, 11) is 1.60. The first-order valence-corrected chi connectivity index (χ1v) is 6.81. The van der Waals surface area contributed by atoms with Crippen molar-refractivity contribution in [3.8, 4) is 0 Å². The Morgan fingerprint density at radius 2 is 2.05 bits per heavy atom. The molecule has 1 aliphatic heterocycles. The molecular weight excluding hydrogens is 256 g/mol. The molecule has 0 radical (unpaired) electrons. The first-order valence-electron chi connectivity index (χ1n) is 6.81. The van der Waals surface area contributed by atoms with E-state index >= 15 is 0 Å². The third-order valence-electron chi connectivity index (χ3n) is 3.55. The normalized spacial score (nSPS) is 20.7. The minimum absolute atomic E-state index is 0.0650. The van der Waals surface area contributed by atoms with Gasteiger partial charge in [0.25, 0.3) is 5.91 Å². The Morgan fingerprint density at radius 1 is 1.35 bits per heavy atom. The smallest absolute Gasteiger partial charge is 0.250 e. The molecule has 1 aromatic carbocycles. The number of methoxy groups -OCH3 is 1. The zero-order chi connectivity index (χ0) is 14.5. The van der Waals surface area contributed by atoms with Crippen LogP contribution in [0.5, 0.6) is 0 Å². The highest BCUT2D eigenvalue weighted by molar-refractivity contribution is 5.95. The summed E-state index contributed by atoms with van der Waals surface area (Å²) in [4.78, 5) is 26.1. The summed E-state index contributed by atoms with van der Waals surface area (Å²) in [5.41, 5.74) is 0.808. The van der Waals surface area contributed by atoms with E-state index in [1.165, 1.54) is 0 Å². The van der Waals surface area contributed by atoms with Gasteiger partial charge in [-0.3, -0.25) is 9.59 Å². The van der Waals surface area contributed by atoms with Crippen molar-refractivity contribution in [3.05, 3.63) is 35.9 Å². The molecule has 0 saturated carbocycles. The molecule has 2 unspecified atom stereocenters. The van der Waals surface area contributed by atoms with Crippen molar-refractivity contribution in [3.63, 3.8) is 0 Å². The van der Waals surface area contributed by atoms with Crippen molar-refractivity contribution in [2.45, 2.75) is 25.4 Å². The maximum atomic E-state index is 12.6. The van der Waals surface area contributed by atoms with E-state index in [0.717, 1.165) is 12.0 Å². The van der Waals surface area contributed by atoms with Gasteiger partial charge in [-0.1, -0.05) is 37.3 Å². The standard InChI is InChI=1S/C15H20N2O3/c1-3-12(10-20-2)17-9-13(18)16-14(15(17)19)11-7-5-4-6-8-11/h4-8,12,14H,3,9-10H2,1-2H3,(H,16,18). The Kier molecular flexibility index (Phi) is 4.74. The van der Waals surface area contributed by atoms with E-state index in [-0.39, 0.29) is 24.4 Å². The van der Waals surface area contributed by atoms with Crippen LogP contribution in [0.25, 0.3) is 0 Å². The van der Waals surface area contributed by atoms with E-state index in [1.807, 2.05) is 37.3 Å². The van der Waals surface area contributed by atoms with Crippen LogP contribution in [0.3, 0.4) is 0 Å². The Bertz CT molecular complexity index is 475. The van der Waals surface area contributed by atoms with Crippen LogP contribution >= 0.6 is 0 Å². The Labute approximate surface area is 118 Å². The fourth-order valence-electron chi connectivity index (χ4n) is 2.47. The second-order valence-corrected chi connectivity index (χ2v) is 4.89. The molecule has 1 heterocycles. The van der Waals surface area contributed by atoms with E-state index in [1.54, 1.807) is 12.0 Å². The molecule has 0 spiro atoms. The molecule has 1 N–H and O–H groups in total. The number of hydrogen-bond donors (Lipinski definition) is 1. The predicted octanol–water partition coefficient (Wildman–Crippen LogP) is 1.11. The summed E-state index contributed by atoms with van der Waals surface area (Å²) in [6.45, 7) is 2.53. The lowest BCUT2D eigenvalue weighted by molar-refractivity contribution is -0.148. The topological polar surface area (TPSA) is 58.6 Å². The molecule has 2 rings (SSSR count). The largest absolute Gasteiger partial charge is 0.383 e. The molecule has 108 valence electrons. The first kappa shape index (κ1) is 14.5. The lowest BCUT2D eigenvalue weighted by Crippen LogP contribution is -2.57. The molecule has 5 heteroatoms. The molecule has 1 aromatic rings. The highest BCUT2D eigenvalue weighted by Gasteiger charge is 2.36. The summed E-state index contributed by atoms with van der Waals surface area (Å²) in [6.07, 6.45) is 0.758. The van der Waals surface area contributed by atoms with Crippen molar-refractivity contribution in [2.24, 2.45) is 0 Å². The molecule has 1 aliphatic rings. The van der Waals surface area contributed by atoms with Crippen LogP contribution in [0.15, 0.2) is 30.3 Å². The minimum Gasteiger partial charge on any atom is -0.383 e. The van der Waals surface area contributed by atoms with Gasteiger partial charge in [-0.2, -0.15) is 0 Å². The average molecular weight is 276 g/mol. The number of nitrogens with zero attached hydrogens (tertiary/aromatic N) is 1. The van der Waals surface area contributed by atoms with Crippen molar-refractivity contribution < 1.29 is 14.3 Å². The molecule has 1 fully saturated rings. The van der Waals surface area contributed by atoms with Gasteiger partial charge in [0.2, 0.25) is 5.91 Å². The van der Waals surface area contributed by atoms with Gasteiger partial charge in [0.1, 0.15) is 12.6 Å². The summed E-state index contributed by atoms with van der Waals surface area (Å²) < 4.78 is 5.15. The van der Waals surface area contributed by atoms with E-state index in [4.69, 9.17) is 4.74 Å². The van der Waals surface area contributed by atoms with Crippen LogP contribution in [0.2, 0.25) is 0 Å². The van der Waals surface area contributed by atoms with Gasteiger partial charge in [0.15, 0.2) is 0 Å². The number of hydrogen-bond acceptors (Lipinski definition) is 3. The first-order chi connectivity index (χ1) is 9.67. The number of piperazine rings is 1. The zero-order valence-corrected chi connectivity index (χ0v) is 11.8. The van der Waals surface area contributed by atoms with E-state index in [0.29, 0.717) is 6.61 Å². The summed E-state index contributed by atoms with van der Waals surface area (Å²) >= 11 is 0. The number of rotatable bonds is 5. The number of amides is 2. The van der Waals surface area contributed by atoms with Crippen LogP contribution in [0.4, 0.5) is 0 Å². The Balaban J connectivity index is 2.23. The third-order valence-corrected chi connectivity index (χ3v) is 3.55. The Hall–Kier alpha value is -1.88. The highest BCUT2D eigenvalue weighted by atomic mass is 16.5. The molecule has 0 bridgehead atoms. The number of ether oxygens (including phenoxy) is 1. The van der Waals surface area contributed by atoms with Crippen molar-refractivity contribution in [2.75, 3.05) is 20.3 Å². The third kappa shape index (κ3) is 2.99. The highest BCUT2D eigenvalue weighted by Crippen LogP contribution is 2.21. The van der Waals surface area contributed by atoms with Gasteiger partial charge in [0.05, 0.1) is 12.6 Å². The second kappa shape index (κ2) is 6.52. The lowest BCUT2D eigenvalue weighted by atomic mass is 10.0. The zero-order valence-electron chi connectivity index (χ0n) is 11.8. The molecule has 0 aliphatic carbocycles. The lowest BCUT2D eigenvalue weighted by Gasteiger charge is -2.37. The molecule has 2 atom stereocenters. The molecule has 1 saturated heterocycles. The average Bonchev–Trinajstić information content (AvgIpc) is 2.48. The fourth-order valence-corrected chi connectivity index (χ4v) is 2.47. The quantitative estimate of drug-likeness (QED) is 0.876. The fraction of sp³-hybridized carbons (Fsp3) is 0.467. The summed E-state index contributed by atoms with van der Waals surface area (Å²) in [6, 6.07) is 8.65. The van der Waals surface area contributed by atoms with E-state index in [2.05, 4.69) is 5.32 Å². The van der Waals surface area contributed by atoms with Gasteiger partial charge in [-0.15, -0.1) is 0 Å². The number of carbonyl (C=O) groups is 2. The maximum absolute atomic E-state index is 12.6. The van der Waals surface area contributed by atoms with Crippen LogP contribution in [-0.2, 0) is 14.3 Å². The van der Waals surface area contributed by atoms with Gasteiger partial charge < -0.3 is 15.0 Å². The molecule has 20 heavy (non-hydrogen) atoms. The van der Waals surface area contributed by atoms with Crippen molar-refractivity contribution in [1.29, 1.82) is 0 Å². The minimum atomic E-state index is -0.594. The van der Waals surface area contributed by atoms with Crippen LogP contribution in [0, 0.1) is 0 Å². The van der Waals surface area contributed by atoms with Crippen LogP contribution in [-0.4, -0.2) is 43.0 Å². The number of benzene rings is 1. The molecule has 5 nitrogen and oxygen atoms in total. The van der Waals surface area contributed by atoms with Crippen LogP contribution in [0.1, 0.15) is 24.9 Å². The molecule has 0 aromatic heterocycles. The van der Waals surface area contributed by atoms with E-state index in [9.17, 15) is 9.59 Å². The molecule has 2 amide bonds. The van der Waals surface area contributed by atoms with Gasteiger partial charge in [-0.25, -0.2) is 0 Å². The maximum Gasteiger partial charge on any atom is 0.250 e. The second-order valence-electron chi connectivity index (χ2n) is 4.89. The van der Waals surface area contributed by atoms with Crippen LogP contribution < -0.4 is 5.32 Å². The molecular formula is C15H20N2O3. The van der Waals surface area contributed by atoms with Gasteiger partial charge in [0, 0.05) is 7.11 Å². The van der Waals surface area contributed by atoms with Crippen molar-refractivity contribution >= 4 is 11.8 Å².